The van der Waals surface area contributed by atoms with E-state index in [1.54, 1.807) is 20.8 Å². The van der Waals surface area contributed by atoms with Gasteiger partial charge in [0.05, 0.1) is 35.5 Å². The van der Waals surface area contributed by atoms with Gasteiger partial charge in [-0.25, -0.2) is 13.6 Å². The highest BCUT2D eigenvalue weighted by molar-refractivity contribution is 5.77. The summed E-state index contributed by atoms with van der Waals surface area (Å²) in [6.45, 7) is 9.64. The van der Waals surface area contributed by atoms with Gasteiger partial charge in [0.25, 0.3) is 17.3 Å². The largest absolute Gasteiger partial charge is 0.462 e. The molecule has 0 rings (SSSR count). The number of carbonyl (C=O) groups excluding carboxylic acids is 7. The Kier molecular flexibility index (Phi) is 44.2. The number of esters is 7. The summed E-state index contributed by atoms with van der Waals surface area (Å²) in [6, 6.07) is 0. The van der Waals surface area contributed by atoms with E-state index in [4.69, 9.17) is 5.11 Å². The molecule has 0 aromatic carbocycles. The number of ether oxygens (including phenoxy) is 7. The summed E-state index contributed by atoms with van der Waals surface area (Å²) in [6.07, 6.45) is -51.8. The quantitative estimate of drug-likeness (QED) is 0.0466. The van der Waals surface area contributed by atoms with Crippen molar-refractivity contribution < 1.29 is 217 Å². The highest BCUT2D eigenvalue weighted by Gasteiger charge is 2.79. The minimum absolute atomic E-state index is 0.0985. The second-order valence-electron chi connectivity index (χ2n) is 21.8. The van der Waals surface area contributed by atoms with Crippen LogP contribution in [0, 0.1) is 35.5 Å². The van der Waals surface area contributed by atoms with Gasteiger partial charge in [-0.05, 0) is 52.4 Å². The lowest BCUT2D eigenvalue weighted by molar-refractivity contribution is -0.407. The zero-order chi connectivity index (χ0) is 83.4. The number of rotatable bonds is 26. The van der Waals surface area contributed by atoms with E-state index in [-0.39, 0.29) is 25.7 Å². The molecule has 0 heterocycles. The average molecular weight is 1590 g/mol. The monoisotopic (exact) mass is 1590 g/mol. The lowest BCUT2D eigenvalue weighted by Crippen LogP contribution is -2.70. The molecule has 0 aromatic heterocycles. The lowest BCUT2D eigenvalue weighted by Gasteiger charge is -2.43. The fourth-order valence-corrected chi connectivity index (χ4v) is 5.01. The van der Waals surface area contributed by atoms with Crippen molar-refractivity contribution in [2.45, 2.75) is 232 Å². The fraction of sp³-hybridized carbons (Fsp3) is 0.870. The van der Waals surface area contributed by atoms with E-state index in [2.05, 4.69) is 33.2 Å². The summed E-state index contributed by atoms with van der Waals surface area (Å²) in [5.41, 5.74) is -13.4. The van der Waals surface area contributed by atoms with Crippen molar-refractivity contribution in [1.29, 1.82) is 0 Å². The van der Waals surface area contributed by atoms with Gasteiger partial charge in [-0.15, -0.1) is 0 Å². The van der Waals surface area contributed by atoms with Gasteiger partial charge in [-0.3, -0.25) is 28.8 Å². The van der Waals surface area contributed by atoms with E-state index in [9.17, 15) is 179 Å². The topological polar surface area (TPSA) is 225 Å². The van der Waals surface area contributed by atoms with E-state index < -0.39 is 207 Å². The van der Waals surface area contributed by atoms with Crippen LogP contribution in [0.25, 0.3) is 0 Å². The molecule has 0 fully saturated rings. The molecule has 0 bridgehead atoms. The molecule has 0 aliphatic carbocycles. The number of alkyl halides is 32. The summed E-state index contributed by atoms with van der Waals surface area (Å²) in [5.74, 6) is -30.7. The van der Waals surface area contributed by atoms with Gasteiger partial charge < -0.3 is 43.4 Å². The van der Waals surface area contributed by atoms with E-state index in [1.807, 2.05) is 0 Å². The Labute approximate surface area is 559 Å². The van der Waals surface area contributed by atoms with Gasteiger partial charge >= 0.3 is 115 Å². The van der Waals surface area contributed by atoms with Crippen LogP contribution in [0.1, 0.15) is 135 Å². The van der Waals surface area contributed by atoms with Gasteiger partial charge in [0.1, 0.15) is 6.61 Å². The van der Waals surface area contributed by atoms with Crippen molar-refractivity contribution in [3.05, 3.63) is 0 Å². The van der Waals surface area contributed by atoms with Gasteiger partial charge in [0.15, 0.2) is 32.0 Å². The average Bonchev–Trinajstić information content (AvgIpc) is 0.736. The van der Waals surface area contributed by atoms with E-state index >= 15 is 0 Å². The normalized spacial score (nSPS) is 14.9. The number of hydrogen-bond donors (Lipinski definition) is 2. The van der Waals surface area contributed by atoms with Gasteiger partial charge in [-0.2, -0.15) is 132 Å². The maximum Gasteiger partial charge on any atom is 0.434 e. The molecule has 2 N–H and O–H groups in total. The first-order valence-electron chi connectivity index (χ1n) is 28.6. The van der Waals surface area contributed by atoms with Crippen molar-refractivity contribution in [1.82, 2.24) is 0 Å². The van der Waals surface area contributed by atoms with Crippen molar-refractivity contribution in [2.24, 2.45) is 35.5 Å². The fourth-order valence-electron chi connectivity index (χ4n) is 5.01. The maximum atomic E-state index is 12.9. The molecule has 0 aromatic rings. The third-order valence-electron chi connectivity index (χ3n) is 13.0. The van der Waals surface area contributed by atoms with Crippen LogP contribution in [0.2, 0.25) is 0 Å². The van der Waals surface area contributed by atoms with E-state index in [1.165, 1.54) is 62.3 Å². The first kappa shape index (κ1) is 107. The summed E-state index contributed by atoms with van der Waals surface area (Å²) >= 11 is 0. The Balaban J connectivity index is -0.000000273. The van der Waals surface area contributed by atoms with Crippen molar-refractivity contribution in [2.75, 3.05) is 33.0 Å². The Hall–Kier alpha value is -6.03. The number of hydrogen-bond acceptors (Lipinski definition) is 16. The summed E-state index contributed by atoms with van der Waals surface area (Å²) in [4.78, 5) is 76.7. The molecular formula is C54H74F32O16. The van der Waals surface area contributed by atoms with Crippen LogP contribution < -0.4 is 0 Å². The molecule has 0 aliphatic rings. The molecule has 102 heavy (non-hydrogen) atoms. The van der Waals surface area contributed by atoms with Crippen molar-refractivity contribution >= 4 is 41.8 Å². The zero-order valence-electron chi connectivity index (χ0n) is 55.6. The smallest absolute Gasteiger partial charge is 0.434 e. The second kappa shape index (κ2) is 42.2. The third kappa shape index (κ3) is 36.6. The van der Waals surface area contributed by atoms with Gasteiger partial charge in [-0.1, -0.05) is 83.1 Å². The van der Waals surface area contributed by atoms with Crippen LogP contribution in [0.15, 0.2) is 0 Å². The first-order valence-corrected chi connectivity index (χ1v) is 28.6. The summed E-state index contributed by atoms with van der Waals surface area (Å²) in [7, 11) is 0. The number of halogens is 32. The minimum atomic E-state index is -6.36. The molecule has 6 unspecified atom stereocenters. The third-order valence-corrected chi connectivity index (χ3v) is 13.0. The molecule has 0 spiro atoms. The van der Waals surface area contributed by atoms with Crippen LogP contribution in [-0.2, 0) is 66.7 Å². The summed E-state index contributed by atoms with van der Waals surface area (Å²) < 4.78 is 418. The zero-order valence-corrected chi connectivity index (χ0v) is 55.6. The highest BCUT2D eigenvalue weighted by atomic mass is 19.5. The van der Waals surface area contributed by atoms with Crippen molar-refractivity contribution in [3.8, 4) is 0 Å². The number of aliphatic hydroxyl groups is 2. The van der Waals surface area contributed by atoms with Crippen LogP contribution in [-0.4, -0.2) is 182 Å². The molecule has 610 valence electrons. The van der Waals surface area contributed by atoms with E-state index in [0.717, 1.165) is 0 Å². The molecule has 0 amide bonds. The molecule has 48 heteroatoms. The highest BCUT2D eigenvalue weighted by Crippen LogP contribution is 2.52. The van der Waals surface area contributed by atoms with Crippen molar-refractivity contribution in [3.63, 3.8) is 0 Å². The lowest BCUT2D eigenvalue weighted by atomic mass is 9.84. The Morgan fingerprint density at radius 3 is 0.882 bits per heavy atom. The number of carbonyl (C=O) groups is 7. The SMILES string of the molecule is CCC(C)C(=O)OC(C(F)(F)F)C(F)(F)F.CCC(C)C(=O)OC(C)(C)C(O)(C(F)(F)F)C(F)(F)F.CCC(C)C(=O)OCC(=O)OCC(F)(F)F.CCC(C)C(=O)OCC(F)(F)C(F)(F)C(F)(F)C(F)F.CCC(C)C(=O)OCC(F)(F)F.CCC(C)C(=O)OCC(O)(C(F)(F)F)C(F)(F)F. The Morgan fingerprint density at radius 2 is 0.618 bits per heavy atom. The van der Waals surface area contributed by atoms with Crippen LogP contribution in [0.5, 0.6) is 0 Å². The molecular weight excluding hydrogens is 1510 g/mol. The Morgan fingerprint density at radius 1 is 0.353 bits per heavy atom. The minimum Gasteiger partial charge on any atom is -0.462 e. The molecule has 0 saturated carbocycles. The van der Waals surface area contributed by atoms with Crippen LogP contribution >= 0.6 is 0 Å². The van der Waals surface area contributed by atoms with Crippen LogP contribution in [0.4, 0.5) is 140 Å². The predicted molar refractivity (Wildman–Crippen MR) is 281 cm³/mol. The standard InChI is InChI=1S/C11H16F6O3.C10H12F8O2.C9H12F6O3.C9H13F3O4.C8H10F6O2.C7H11F3O2/c1-5-6(2)7(18)20-8(3,4)9(19,10(12,13)14)11(15,16)17;1-3-5(2)6(19)20-4-8(13,14)10(17,18)9(15,16)7(11)12;1-3-5(2)6(16)18-4-7(17,8(10,11)12)9(13,14)15;1-3-6(2)8(14)15-4-7(13)16-5-9(10,11)12;1-3-4(2)5(15)16-6(7(9,10)11)8(12,13)14;1-3-5(2)6(11)12-4-7(8,9)10/h6,19H,5H2,1-4H3;5,7H,3-4H2,1-2H3;5,17H,3-4H2,1-2H3;6H,3-5H2,1-2H3;4,6H,3H2,1-2H3;5H,3-4H2,1-2H3. The molecule has 0 radical (unpaired) electrons. The molecule has 0 aliphatic heterocycles. The first-order chi connectivity index (χ1) is 44.9. The van der Waals surface area contributed by atoms with Gasteiger partial charge in [0.2, 0.25) is 0 Å². The summed E-state index contributed by atoms with van der Waals surface area (Å²) in [5, 5.41) is 17.8. The van der Waals surface area contributed by atoms with E-state index in [0.29, 0.717) is 26.7 Å². The molecule has 16 nitrogen and oxygen atoms in total. The second-order valence-corrected chi connectivity index (χ2v) is 21.8. The molecule has 6 atom stereocenters. The predicted octanol–water partition coefficient (Wildman–Crippen LogP) is 16.3. The van der Waals surface area contributed by atoms with Gasteiger partial charge in [0, 0.05) is 0 Å². The van der Waals surface area contributed by atoms with Crippen LogP contribution in [0.3, 0.4) is 0 Å². The maximum absolute atomic E-state index is 12.9. The Bertz CT molecular complexity index is 2460. The molecule has 0 saturated heterocycles.